The molecule has 1 saturated heterocycles. The van der Waals surface area contributed by atoms with Crippen molar-refractivity contribution in [2.75, 3.05) is 6.54 Å². The molecule has 0 aromatic carbocycles. The van der Waals surface area contributed by atoms with Crippen LogP contribution in [0.2, 0.25) is 0 Å². The predicted octanol–water partition coefficient (Wildman–Crippen LogP) is 6.07. The molecule has 0 radical (unpaired) electrons. The van der Waals surface area contributed by atoms with Crippen LogP contribution in [0.15, 0.2) is 0 Å². The van der Waals surface area contributed by atoms with Crippen molar-refractivity contribution < 1.29 is 19.1 Å². The fourth-order valence-electron chi connectivity index (χ4n) is 4.23. The molecule has 3 atom stereocenters. The number of esters is 2. The molecule has 176 valence electrons. The molecule has 0 bridgehead atoms. The molecule has 0 saturated carbocycles. The molecule has 0 aromatic rings. The average molecular weight is 426 g/mol. The van der Waals surface area contributed by atoms with Crippen LogP contribution in [0.1, 0.15) is 123 Å². The number of hydrogen-bond acceptors (Lipinski definition) is 5. The van der Waals surface area contributed by atoms with Gasteiger partial charge in [0, 0.05) is 13.0 Å². The molecule has 1 heterocycles. The minimum absolute atomic E-state index is 0.0133. The Labute approximate surface area is 184 Å². The summed E-state index contributed by atoms with van der Waals surface area (Å²) in [5.74, 6) is -0.323. The van der Waals surface area contributed by atoms with Crippen molar-refractivity contribution in [2.24, 2.45) is 11.7 Å². The highest BCUT2D eigenvalue weighted by atomic mass is 16.6. The highest BCUT2D eigenvalue weighted by molar-refractivity contribution is 5.78. The Morgan fingerprint density at radius 1 is 0.933 bits per heavy atom. The summed E-state index contributed by atoms with van der Waals surface area (Å²) in [7, 11) is 0. The van der Waals surface area contributed by atoms with E-state index in [4.69, 9.17) is 15.2 Å². The largest absolute Gasteiger partial charge is 0.462 e. The summed E-state index contributed by atoms with van der Waals surface area (Å²) >= 11 is 0. The molecular weight excluding hydrogens is 378 g/mol. The maximum atomic E-state index is 12.0. The van der Waals surface area contributed by atoms with E-state index in [0.717, 1.165) is 25.7 Å². The highest BCUT2D eigenvalue weighted by Gasteiger charge is 2.43. The van der Waals surface area contributed by atoms with Crippen LogP contribution in [-0.4, -0.2) is 30.7 Å². The van der Waals surface area contributed by atoms with Gasteiger partial charge in [-0.25, -0.2) is 0 Å². The van der Waals surface area contributed by atoms with Gasteiger partial charge < -0.3 is 15.2 Å². The smallest absolute Gasteiger partial charge is 0.313 e. The van der Waals surface area contributed by atoms with E-state index in [9.17, 15) is 9.59 Å². The number of ether oxygens (including phenoxy) is 2. The molecule has 1 aliphatic heterocycles. The summed E-state index contributed by atoms with van der Waals surface area (Å²) in [6.45, 7) is 4.74. The lowest BCUT2D eigenvalue weighted by Crippen LogP contribution is -2.47. The van der Waals surface area contributed by atoms with Gasteiger partial charge in [-0.2, -0.15) is 0 Å². The predicted molar refractivity (Wildman–Crippen MR) is 122 cm³/mol. The Morgan fingerprint density at radius 2 is 1.50 bits per heavy atom. The Bertz CT molecular complexity index is 454. The van der Waals surface area contributed by atoms with E-state index >= 15 is 0 Å². The van der Waals surface area contributed by atoms with Crippen LogP contribution in [-0.2, 0) is 19.1 Å². The molecule has 0 aromatic heterocycles. The maximum Gasteiger partial charge on any atom is 0.313 e. The molecule has 0 amide bonds. The first-order valence-corrected chi connectivity index (χ1v) is 12.7. The Balaban J connectivity index is 2.33. The zero-order valence-electron chi connectivity index (χ0n) is 19.7. The molecule has 30 heavy (non-hydrogen) atoms. The van der Waals surface area contributed by atoms with Crippen LogP contribution in [0.3, 0.4) is 0 Å². The third-order valence-corrected chi connectivity index (χ3v) is 6.16. The number of carbonyl (C=O) groups excluding carboxylic acids is 2. The van der Waals surface area contributed by atoms with Gasteiger partial charge in [0.15, 0.2) is 0 Å². The van der Waals surface area contributed by atoms with E-state index in [1.807, 2.05) is 0 Å². The summed E-state index contributed by atoms with van der Waals surface area (Å²) in [5, 5.41) is 0. The number of rotatable bonds is 20. The number of unbranched alkanes of at least 4 members (excludes halogenated alkanes) is 11. The fourth-order valence-corrected chi connectivity index (χ4v) is 4.23. The van der Waals surface area contributed by atoms with Gasteiger partial charge in [-0.15, -0.1) is 0 Å². The topological polar surface area (TPSA) is 78.6 Å². The highest BCUT2D eigenvalue weighted by Crippen LogP contribution is 2.32. The van der Waals surface area contributed by atoms with Gasteiger partial charge in [-0.3, -0.25) is 9.59 Å². The Kier molecular flexibility index (Phi) is 15.8. The van der Waals surface area contributed by atoms with Crippen LogP contribution in [0, 0.1) is 5.92 Å². The van der Waals surface area contributed by atoms with Gasteiger partial charge in [0.1, 0.15) is 12.2 Å². The molecule has 1 rings (SSSR count). The first kappa shape index (κ1) is 26.9. The quantitative estimate of drug-likeness (QED) is 0.189. The molecule has 1 aliphatic rings. The summed E-state index contributed by atoms with van der Waals surface area (Å²) < 4.78 is 11.1. The van der Waals surface area contributed by atoms with Crippen LogP contribution >= 0.6 is 0 Å². The first-order chi connectivity index (χ1) is 14.6. The summed E-state index contributed by atoms with van der Waals surface area (Å²) in [6.07, 6.45) is 18.4. The van der Waals surface area contributed by atoms with Gasteiger partial charge in [0.2, 0.25) is 0 Å². The SMILES string of the molecule is CCCCCCCCCCC[C@@H](C[C@@H]1OC(=O)[C@H]1CCCCCC)OC(=O)CCN. The van der Waals surface area contributed by atoms with E-state index in [-0.39, 0.29) is 36.5 Å². The van der Waals surface area contributed by atoms with E-state index in [0.29, 0.717) is 13.0 Å². The van der Waals surface area contributed by atoms with Gasteiger partial charge in [0.25, 0.3) is 0 Å². The minimum atomic E-state index is -0.233. The minimum Gasteiger partial charge on any atom is -0.462 e. The summed E-state index contributed by atoms with van der Waals surface area (Å²) in [6, 6.07) is 0. The first-order valence-electron chi connectivity index (χ1n) is 12.7. The number of nitrogens with two attached hydrogens (primary N) is 1. The lowest BCUT2D eigenvalue weighted by atomic mass is 9.86. The van der Waals surface area contributed by atoms with Crippen LogP contribution in [0.5, 0.6) is 0 Å². The van der Waals surface area contributed by atoms with Gasteiger partial charge >= 0.3 is 11.9 Å². The molecule has 1 fully saturated rings. The van der Waals surface area contributed by atoms with Crippen LogP contribution in [0.25, 0.3) is 0 Å². The molecule has 0 unspecified atom stereocenters. The van der Waals surface area contributed by atoms with Crippen molar-refractivity contribution >= 4 is 11.9 Å². The van der Waals surface area contributed by atoms with E-state index < -0.39 is 0 Å². The normalized spacial score (nSPS) is 19.2. The van der Waals surface area contributed by atoms with Crippen molar-refractivity contribution in [1.29, 1.82) is 0 Å². The lowest BCUT2D eigenvalue weighted by molar-refractivity contribution is -0.190. The van der Waals surface area contributed by atoms with Crippen molar-refractivity contribution in [3.8, 4) is 0 Å². The summed E-state index contributed by atoms with van der Waals surface area (Å²) in [5.41, 5.74) is 5.49. The number of carbonyl (C=O) groups is 2. The van der Waals surface area contributed by atoms with Gasteiger partial charge in [0.05, 0.1) is 12.3 Å². The van der Waals surface area contributed by atoms with E-state index in [1.165, 1.54) is 70.6 Å². The van der Waals surface area contributed by atoms with Crippen molar-refractivity contribution in [3.05, 3.63) is 0 Å². The Morgan fingerprint density at radius 3 is 2.07 bits per heavy atom. The lowest BCUT2D eigenvalue weighted by Gasteiger charge is -2.37. The second kappa shape index (κ2) is 17.6. The van der Waals surface area contributed by atoms with E-state index in [2.05, 4.69) is 13.8 Å². The monoisotopic (exact) mass is 425 g/mol. The fraction of sp³-hybridized carbons (Fsp3) is 0.920. The maximum absolute atomic E-state index is 12.0. The molecular formula is C25H47NO4. The van der Waals surface area contributed by atoms with Crippen molar-refractivity contribution in [1.82, 2.24) is 0 Å². The third-order valence-electron chi connectivity index (χ3n) is 6.16. The molecule has 5 heteroatoms. The van der Waals surface area contributed by atoms with E-state index in [1.54, 1.807) is 0 Å². The standard InChI is InChI=1S/C25H47NO4/c1-3-5-7-9-10-11-12-13-14-16-21(29-24(27)18-19-26)20-23-22(25(28)30-23)17-15-8-6-4-2/h21-23H,3-20,26H2,1-2H3/t21-,22-,23-/m0/s1. The Hall–Kier alpha value is -1.10. The van der Waals surface area contributed by atoms with Gasteiger partial charge in [-0.05, 0) is 19.3 Å². The third kappa shape index (κ3) is 11.9. The van der Waals surface area contributed by atoms with Crippen LogP contribution in [0.4, 0.5) is 0 Å². The van der Waals surface area contributed by atoms with Crippen LogP contribution < -0.4 is 5.73 Å². The molecule has 0 aliphatic carbocycles. The summed E-state index contributed by atoms with van der Waals surface area (Å²) in [4.78, 5) is 23.9. The zero-order chi connectivity index (χ0) is 22.0. The number of hydrogen-bond donors (Lipinski definition) is 1. The molecule has 2 N–H and O–H groups in total. The molecule has 0 spiro atoms. The van der Waals surface area contributed by atoms with Gasteiger partial charge in [-0.1, -0.05) is 90.9 Å². The second-order valence-corrected chi connectivity index (χ2v) is 8.93. The average Bonchev–Trinajstić information content (AvgIpc) is 2.72. The zero-order valence-corrected chi connectivity index (χ0v) is 19.7. The second-order valence-electron chi connectivity index (χ2n) is 8.93. The van der Waals surface area contributed by atoms with Crippen molar-refractivity contribution in [3.63, 3.8) is 0 Å². The van der Waals surface area contributed by atoms with Crippen molar-refractivity contribution in [2.45, 2.75) is 135 Å². The molecule has 5 nitrogen and oxygen atoms in total. The number of cyclic esters (lactones) is 1.